The van der Waals surface area contributed by atoms with Crippen molar-refractivity contribution in [3.8, 4) is 0 Å². The van der Waals surface area contributed by atoms with Gasteiger partial charge in [-0.2, -0.15) is 0 Å². The topological polar surface area (TPSA) is 0 Å². The number of hydrogen-bond donors (Lipinski definition) is 0. The van der Waals surface area contributed by atoms with Crippen LogP contribution in [0.4, 0.5) is 0 Å². The Hall–Kier alpha value is -1.04. The van der Waals surface area contributed by atoms with Gasteiger partial charge in [0, 0.05) is 0 Å². The van der Waals surface area contributed by atoms with Gasteiger partial charge >= 0.3 is 0 Å². The van der Waals surface area contributed by atoms with E-state index in [1.54, 1.807) is 0 Å². The Morgan fingerprint density at radius 3 is 2.56 bits per heavy atom. The van der Waals surface area contributed by atoms with Gasteiger partial charge < -0.3 is 0 Å². The standard InChI is InChI=1S/C16H24/c1-4-7-8-9-13-16-14(5-2)11-10-12-15(16)6-3/h5,10-12H,2,4,6-9,13H2,1,3H3. The van der Waals surface area contributed by atoms with Crippen molar-refractivity contribution in [3.63, 3.8) is 0 Å². The van der Waals surface area contributed by atoms with E-state index in [0.717, 1.165) is 6.42 Å². The lowest BCUT2D eigenvalue weighted by atomic mass is 9.94. The first-order chi connectivity index (χ1) is 7.83. The van der Waals surface area contributed by atoms with E-state index >= 15 is 0 Å². The van der Waals surface area contributed by atoms with Crippen molar-refractivity contribution >= 4 is 6.08 Å². The monoisotopic (exact) mass is 216 g/mol. The third-order valence-electron chi connectivity index (χ3n) is 3.19. The maximum Gasteiger partial charge on any atom is -0.0228 e. The minimum absolute atomic E-state index is 1.13. The zero-order valence-electron chi connectivity index (χ0n) is 10.8. The smallest absolute Gasteiger partial charge is 0.0228 e. The van der Waals surface area contributed by atoms with Crippen LogP contribution >= 0.6 is 0 Å². The van der Waals surface area contributed by atoms with Crippen LogP contribution in [0.5, 0.6) is 0 Å². The molecule has 16 heavy (non-hydrogen) atoms. The van der Waals surface area contributed by atoms with E-state index in [9.17, 15) is 0 Å². The molecular weight excluding hydrogens is 192 g/mol. The summed E-state index contributed by atoms with van der Waals surface area (Å²) in [6.07, 6.45) is 9.67. The molecule has 0 saturated heterocycles. The van der Waals surface area contributed by atoms with Gasteiger partial charge in [0.05, 0.1) is 0 Å². The summed E-state index contributed by atoms with van der Waals surface area (Å²) in [5.41, 5.74) is 4.35. The highest BCUT2D eigenvalue weighted by atomic mass is 14.1. The van der Waals surface area contributed by atoms with Crippen molar-refractivity contribution in [2.24, 2.45) is 0 Å². The molecule has 0 saturated carbocycles. The van der Waals surface area contributed by atoms with Gasteiger partial charge in [-0.25, -0.2) is 0 Å². The molecule has 0 heteroatoms. The molecule has 0 N–H and O–H groups in total. The fourth-order valence-electron chi connectivity index (χ4n) is 2.21. The van der Waals surface area contributed by atoms with Gasteiger partial charge in [0.1, 0.15) is 0 Å². The second kappa shape index (κ2) is 7.27. The zero-order valence-corrected chi connectivity index (χ0v) is 10.8. The van der Waals surface area contributed by atoms with Crippen LogP contribution in [-0.4, -0.2) is 0 Å². The third-order valence-corrected chi connectivity index (χ3v) is 3.19. The molecule has 0 aliphatic carbocycles. The van der Waals surface area contributed by atoms with Gasteiger partial charge in [0.2, 0.25) is 0 Å². The second-order valence-electron chi connectivity index (χ2n) is 4.35. The summed E-state index contributed by atoms with van der Waals surface area (Å²) in [5, 5.41) is 0. The number of aryl methyl sites for hydroxylation is 1. The number of hydrogen-bond acceptors (Lipinski definition) is 0. The van der Waals surface area contributed by atoms with Crippen molar-refractivity contribution < 1.29 is 0 Å². The lowest BCUT2D eigenvalue weighted by molar-refractivity contribution is 0.664. The van der Waals surface area contributed by atoms with Gasteiger partial charge in [-0.3, -0.25) is 0 Å². The molecule has 0 heterocycles. The van der Waals surface area contributed by atoms with Crippen LogP contribution in [0.3, 0.4) is 0 Å². The molecule has 0 bridgehead atoms. The van der Waals surface area contributed by atoms with Crippen LogP contribution in [0.15, 0.2) is 24.8 Å². The number of rotatable bonds is 7. The van der Waals surface area contributed by atoms with E-state index < -0.39 is 0 Å². The minimum atomic E-state index is 1.13. The highest BCUT2D eigenvalue weighted by Crippen LogP contribution is 2.19. The first-order valence-electron chi connectivity index (χ1n) is 6.56. The molecule has 0 fully saturated rings. The molecule has 1 aromatic carbocycles. The highest BCUT2D eigenvalue weighted by Gasteiger charge is 2.04. The van der Waals surface area contributed by atoms with E-state index in [-0.39, 0.29) is 0 Å². The summed E-state index contributed by atoms with van der Waals surface area (Å²) >= 11 is 0. The van der Waals surface area contributed by atoms with Crippen LogP contribution < -0.4 is 0 Å². The number of unbranched alkanes of at least 4 members (excludes halogenated alkanes) is 3. The average Bonchev–Trinajstić information content (AvgIpc) is 2.34. The van der Waals surface area contributed by atoms with Crippen molar-refractivity contribution in [1.29, 1.82) is 0 Å². The summed E-state index contributed by atoms with van der Waals surface area (Å²) in [4.78, 5) is 0. The molecule has 0 aliphatic heterocycles. The molecule has 0 unspecified atom stereocenters. The molecule has 0 atom stereocenters. The minimum Gasteiger partial charge on any atom is -0.0985 e. The predicted octanol–water partition coefficient (Wildman–Crippen LogP) is 5.01. The Balaban J connectivity index is 2.71. The lowest BCUT2D eigenvalue weighted by Gasteiger charge is -2.11. The van der Waals surface area contributed by atoms with Gasteiger partial charge in [0.25, 0.3) is 0 Å². The average molecular weight is 216 g/mol. The Morgan fingerprint density at radius 2 is 1.94 bits per heavy atom. The lowest BCUT2D eigenvalue weighted by Crippen LogP contribution is -1.96. The van der Waals surface area contributed by atoms with E-state index in [1.807, 2.05) is 6.08 Å². The summed E-state index contributed by atoms with van der Waals surface area (Å²) in [6.45, 7) is 8.40. The molecule has 0 nitrogen and oxygen atoms in total. The summed E-state index contributed by atoms with van der Waals surface area (Å²) in [7, 11) is 0. The summed E-state index contributed by atoms with van der Waals surface area (Å²) < 4.78 is 0. The van der Waals surface area contributed by atoms with E-state index in [0.29, 0.717) is 0 Å². The first-order valence-corrected chi connectivity index (χ1v) is 6.56. The third kappa shape index (κ3) is 3.52. The van der Waals surface area contributed by atoms with Crippen molar-refractivity contribution in [2.75, 3.05) is 0 Å². The van der Waals surface area contributed by atoms with E-state index in [1.165, 1.54) is 48.8 Å². The Kier molecular flexibility index (Phi) is 5.92. The maximum atomic E-state index is 3.91. The quantitative estimate of drug-likeness (QED) is 0.562. The highest BCUT2D eigenvalue weighted by molar-refractivity contribution is 5.54. The van der Waals surface area contributed by atoms with Crippen LogP contribution in [0.25, 0.3) is 6.08 Å². The Labute approximate surface area is 100 Å². The zero-order chi connectivity index (χ0) is 11.8. The molecule has 0 spiro atoms. The van der Waals surface area contributed by atoms with E-state index in [4.69, 9.17) is 0 Å². The fraction of sp³-hybridized carbons (Fsp3) is 0.500. The normalized spacial score (nSPS) is 10.4. The van der Waals surface area contributed by atoms with Crippen LogP contribution in [0.1, 0.15) is 56.2 Å². The Morgan fingerprint density at radius 1 is 1.12 bits per heavy atom. The maximum absolute atomic E-state index is 3.91. The van der Waals surface area contributed by atoms with Gasteiger partial charge in [-0.1, -0.05) is 64.0 Å². The molecule has 88 valence electrons. The van der Waals surface area contributed by atoms with Gasteiger partial charge in [-0.05, 0) is 36.0 Å². The van der Waals surface area contributed by atoms with Crippen molar-refractivity contribution in [3.05, 3.63) is 41.5 Å². The molecule has 1 rings (SSSR count). The van der Waals surface area contributed by atoms with Gasteiger partial charge in [0.15, 0.2) is 0 Å². The van der Waals surface area contributed by atoms with Crippen LogP contribution in [0, 0.1) is 0 Å². The largest absolute Gasteiger partial charge is 0.0985 e. The molecular formula is C16H24. The first kappa shape index (κ1) is 13.0. The van der Waals surface area contributed by atoms with E-state index in [2.05, 4.69) is 38.6 Å². The predicted molar refractivity (Wildman–Crippen MR) is 73.8 cm³/mol. The Bertz CT molecular complexity index is 323. The van der Waals surface area contributed by atoms with Crippen molar-refractivity contribution in [2.45, 2.75) is 52.4 Å². The van der Waals surface area contributed by atoms with Gasteiger partial charge in [-0.15, -0.1) is 0 Å². The second-order valence-corrected chi connectivity index (χ2v) is 4.35. The number of benzene rings is 1. The van der Waals surface area contributed by atoms with Crippen LogP contribution in [-0.2, 0) is 12.8 Å². The molecule has 1 aromatic rings. The molecule has 0 aliphatic rings. The summed E-state index contributed by atoms with van der Waals surface area (Å²) in [6, 6.07) is 6.58. The molecule has 0 aromatic heterocycles. The molecule has 0 amide bonds. The fourth-order valence-corrected chi connectivity index (χ4v) is 2.21. The van der Waals surface area contributed by atoms with Crippen LogP contribution in [0.2, 0.25) is 0 Å². The summed E-state index contributed by atoms with van der Waals surface area (Å²) in [5.74, 6) is 0. The van der Waals surface area contributed by atoms with Crippen molar-refractivity contribution in [1.82, 2.24) is 0 Å². The molecule has 0 radical (unpaired) electrons. The SMILES string of the molecule is C=Cc1cccc(CC)c1CCCCCC.